The van der Waals surface area contributed by atoms with Crippen molar-refractivity contribution in [2.75, 3.05) is 5.32 Å². The van der Waals surface area contributed by atoms with Crippen molar-refractivity contribution in [1.82, 2.24) is 15.0 Å². The van der Waals surface area contributed by atoms with E-state index < -0.39 is 0 Å². The van der Waals surface area contributed by atoms with Gasteiger partial charge in [-0.1, -0.05) is 46.6 Å². The molecule has 1 N–H and O–H groups in total. The van der Waals surface area contributed by atoms with E-state index in [0.717, 1.165) is 5.56 Å². The third-order valence-corrected chi connectivity index (χ3v) is 5.25. The molecule has 0 aliphatic heterocycles. The first kappa shape index (κ1) is 22.7. The average molecular weight is 477 g/mol. The predicted molar refractivity (Wildman–Crippen MR) is 115 cm³/mol. The summed E-state index contributed by atoms with van der Waals surface area (Å²) in [5, 5.41) is 12.0. The van der Waals surface area contributed by atoms with E-state index in [9.17, 15) is 9.59 Å². The number of anilines is 1. The highest BCUT2D eigenvalue weighted by atomic mass is 35.5. The molecule has 0 aliphatic carbocycles. The molecular formula is C21H16Cl3N5O2. The number of halogens is 3. The van der Waals surface area contributed by atoms with Gasteiger partial charge in [0.05, 0.1) is 27.7 Å². The second kappa shape index (κ2) is 9.87. The highest BCUT2D eigenvalue weighted by molar-refractivity contribution is 6.43. The second-order valence-corrected chi connectivity index (χ2v) is 7.39. The summed E-state index contributed by atoms with van der Waals surface area (Å²) in [6.45, 7) is 0.300. The lowest BCUT2D eigenvalue weighted by Gasteiger charge is -2.07. The second-order valence-electron chi connectivity index (χ2n) is 6.60. The monoisotopic (exact) mass is 475 g/mol. The van der Waals surface area contributed by atoms with Crippen LogP contribution in [0.5, 0.6) is 0 Å². The molecule has 0 spiro atoms. The Morgan fingerprint density at radius 3 is 2.71 bits per heavy atom. The maximum absolute atomic E-state index is 12.6. The number of rotatable bonds is 5. The molecule has 0 aliphatic rings. The number of nitrogens with zero attached hydrogens (tertiary/aromatic N) is 4. The van der Waals surface area contributed by atoms with Gasteiger partial charge in [0, 0.05) is 11.6 Å². The Bertz CT molecular complexity index is 1310. The van der Waals surface area contributed by atoms with Crippen LogP contribution in [0.4, 0.5) is 5.69 Å². The number of amides is 1. The summed E-state index contributed by atoms with van der Waals surface area (Å²) in [6.07, 6.45) is 3.54. The normalized spacial score (nSPS) is 10.5. The Morgan fingerprint density at radius 2 is 1.87 bits per heavy atom. The Kier molecular flexibility index (Phi) is 7.22. The zero-order valence-electron chi connectivity index (χ0n) is 16.0. The van der Waals surface area contributed by atoms with E-state index in [1.807, 2.05) is 12.1 Å². The third-order valence-electron chi connectivity index (χ3n) is 4.43. The summed E-state index contributed by atoms with van der Waals surface area (Å²) in [5.74, 6) is -0.260. The molecule has 7 nitrogen and oxygen atoms in total. The van der Waals surface area contributed by atoms with Crippen molar-refractivity contribution >= 4 is 45.7 Å². The fourth-order valence-corrected chi connectivity index (χ4v) is 3.37. The number of hydrogen-bond acceptors (Lipinski definition) is 4. The minimum Gasteiger partial charge on any atom is -1.00 e. The molecule has 0 saturated heterocycles. The highest BCUT2D eigenvalue weighted by Gasteiger charge is 2.14. The van der Waals surface area contributed by atoms with Crippen molar-refractivity contribution in [3.05, 3.63) is 93.0 Å². The predicted octanol–water partition coefficient (Wildman–Crippen LogP) is 0.0768. The van der Waals surface area contributed by atoms with Crippen LogP contribution in [-0.2, 0) is 17.9 Å². The molecule has 2 heterocycles. The minimum absolute atomic E-state index is 0. The molecule has 4 rings (SSSR count). The Morgan fingerprint density at radius 1 is 1.06 bits per heavy atom. The quantitative estimate of drug-likeness (QED) is 0.414. The molecule has 158 valence electrons. The first-order chi connectivity index (χ1) is 14.5. The van der Waals surface area contributed by atoms with E-state index in [-0.39, 0.29) is 37.0 Å². The Balaban J connectivity index is 0.00000272. The number of pyridine rings is 1. The molecule has 0 atom stereocenters. The molecule has 4 aromatic rings. The maximum Gasteiger partial charge on any atom is 0.290 e. The van der Waals surface area contributed by atoms with Gasteiger partial charge in [0.1, 0.15) is 5.52 Å². The van der Waals surface area contributed by atoms with E-state index in [1.165, 1.54) is 4.68 Å². The summed E-state index contributed by atoms with van der Waals surface area (Å²) in [6, 6.07) is 15.8. The fraction of sp³-hybridized carbons (Fsp3) is 0.0952. The van der Waals surface area contributed by atoms with E-state index in [0.29, 0.717) is 26.6 Å². The zero-order chi connectivity index (χ0) is 21.1. The molecule has 0 radical (unpaired) electrons. The van der Waals surface area contributed by atoms with Gasteiger partial charge in [-0.3, -0.25) is 9.59 Å². The van der Waals surface area contributed by atoms with Crippen molar-refractivity contribution in [1.29, 1.82) is 0 Å². The molecule has 2 aromatic heterocycles. The summed E-state index contributed by atoms with van der Waals surface area (Å²) < 4.78 is 3.01. The van der Waals surface area contributed by atoms with Crippen LogP contribution in [0.15, 0.2) is 71.8 Å². The lowest BCUT2D eigenvalue weighted by Crippen LogP contribution is -3.00. The zero-order valence-corrected chi connectivity index (χ0v) is 18.3. The number of nitrogens with one attached hydrogen (secondary N) is 1. The van der Waals surface area contributed by atoms with E-state index in [1.54, 1.807) is 59.4 Å². The molecule has 0 unspecified atom stereocenters. The largest absolute Gasteiger partial charge is 1.00 e. The Labute approximate surface area is 193 Å². The number of benzene rings is 2. The van der Waals surface area contributed by atoms with Gasteiger partial charge in [-0.15, -0.1) is 5.10 Å². The van der Waals surface area contributed by atoms with Gasteiger partial charge in [0.15, 0.2) is 12.4 Å². The van der Waals surface area contributed by atoms with Crippen molar-refractivity contribution in [3.63, 3.8) is 0 Å². The van der Waals surface area contributed by atoms with Gasteiger partial charge in [0.2, 0.25) is 6.54 Å². The van der Waals surface area contributed by atoms with Crippen LogP contribution in [0, 0.1) is 0 Å². The van der Waals surface area contributed by atoms with Gasteiger partial charge in [-0.25, -0.2) is 4.68 Å². The third kappa shape index (κ3) is 5.19. The molecule has 2 aromatic carbocycles. The first-order valence-corrected chi connectivity index (χ1v) is 9.81. The standard InChI is InChI=1S/C21H15Cl2N5O2.ClH/c22-16-7-3-9-18(20(16)23)24-19(29)13-27-10-4-5-14(11-27)12-28-21(30)15-6-1-2-8-17(15)25-26-28;/h1-11H,12-13H2;1H. The van der Waals surface area contributed by atoms with E-state index in [4.69, 9.17) is 23.2 Å². The summed E-state index contributed by atoms with van der Waals surface area (Å²) >= 11 is 12.1. The van der Waals surface area contributed by atoms with Crippen LogP contribution in [-0.4, -0.2) is 20.9 Å². The molecule has 10 heteroatoms. The van der Waals surface area contributed by atoms with Crippen molar-refractivity contribution in [3.8, 4) is 0 Å². The average Bonchev–Trinajstić information content (AvgIpc) is 2.74. The first-order valence-electron chi connectivity index (χ1n) is 9.05. The van der Waals surface area contributed by atoms with Crippen molar-refractivity contribution in [2.45, 2.75) is 13.1 Å². The lowest BCUT2D eigenvalue weighted by atomic mass is 10.2. The SMILES string of the molecule is O=C(C[n+]1cccc(Cn2nnc3ccccc3c2=O)c1)Nc1cccc(Cl)c1Cl.[Cl-]. The molecule has 0 fully saturated rings. The van der Waals surface area contributed by atoms with Gasteiger partial charge < -0.3 is 17.7 Å². The number of carbonyl (C=O) groups is 1. The molecule has 0 saturated carbocycles. The lowest BCUT2D eigenvalue weighted by molar-refractivity contribution is -0.684. The molecular weight excluding hydrogens is 461 g/mol. The summed E-state index contributed by atoms with van der Waals surface area (Å²) in [4.78, 5) is 25.0. The smallest absolute Gasteiger partial charge is 0.290 e. The number of fused-ring (bicyclic) bond motifs is 1. The summed E-state index contributed by atoms with van der Waals surface area (Å²) in [7, 11) is 0. The molecule has 31 heavy (non-hydrogen) atoms. The van der Waals surface area contributed by atoms with Crippen LogP contribution in [0.3, 0.4) is 0 Å². The number of carbonyl (C=O) groups excluding carboxylic acids is 1. The minimum atomic E-state index is -0.260. The topological polar surface area (TPSA) is 80.8 Å². The highest BCUT2D eigenvalue weighted by Crippen LogP contribution is 2.29. The maximum atomic E-state index is 12.6. The van der Waals surface area contributed by atoms with Crippen LogP contribution in [0.2, 0.25) is 10.0 Å². The van der Waals surface area contributed by atoms with Crippen molar-refractivity contribution < 1.29 is 21.8 Å². The number of aromatic nitrogens is 4. The summed E-state index contributed by atoms with van der Waals surface area (Å²) in [5.41, 5.74) is 1.59. The van der Waals surface area contributed by atoms with Crippen LogP contribution < -0.4 is 27.9 Å². The van der Waals surface area contributed by atoms with Crippen molar-refractivity contribution in [2.24, 2.45) is 0 Å². The van der Waals surface area contributed by atoms with Crippen LogP contribution in [0.25, 0.3) is 10.9 Å². The van der Waals surface area contributed by atoms with Gasteiger partial charge in [0.25, 0.3) is 11.5 Å². The fourth-order valence-electron chi connectivity index (χ4n) is 3.02. The van der Waals surface area contributed by atoms with Crippen LogP contribution in [0.1, 0.15) is 5.56 Å². The molecule has 1 amide bonds. The van der Waals surface area contributed by atoms with E-state index in [2.05, 4.69) is 15.6 Å². The number of hydrogen-bond donors (Lipinski definition) is 1. The molecule has 0 bridgehead atoms. The Hall–Kier alpha value is -3.00. The van der Waals surface area contributed by atoms with E-state index >= 15 is 0 Å². The van der Waals surface area contributed by atoms with Gasteiger partial charge in [-0.2, -0.15) is 4.57 Å². The van der Waals surface area contributed by atoms with Crippen LogP contribution >= 0.6 is 23.2 Å². The van der Waals surface area contributed by atoms with Gasteiger partial charge >= 0.3 is 0 Å². The van der Waals surface area contributed by atoms with Gasteiger partial charge in [-0.05, 0) is 30.3 Å².